The number of aryl methyl sites for hydroxylation is 1. The third-order valence-electron chi connectivity index (χ3n) is 14.4. The molecule has 23 nitrogen and oxygen atoms in total. The van der Waals surface area contributed by atoms with Gasteiger partial charge in [-0.3, -0.25) is 39.0 Å². The van der Waals surface area contributed by atoms with Gasteiger partial charge in [-0.25, -0.2) is 9.07 Å². The van der Waals surface area contributed by atoms with E-state index in [0.29, 0.717) is 149 Å². The van der Waals surface area contributed by atoms with Crippen molar-refractivity contribution in [2.24, 2.45) is 0 Å². The predicted molar refractivity (Wildman–Crippen MR) is 317 cm³/mol. The zero-order valence-electron chi connectivity index (χ0n) is 48.8. The minimum Gasteiger partial charge on any atom is -0.494 e. The van der Waals surface area contributed by atoms with E-state index in [-0.39, 0.29) is 55.2 Å². The number of aliphatic carboxylic acids is 1. The molecule has 6 aromatic rings. The second-order valence-electron chi connectivity index (χ2n) is 21.2. The Morgan fingerprint density at radius 2 is 1.43 bits per heavy atom. The van der Waals surface area contributed by atoms with Crippen molar-refractivity contribution in [2.75, 3.05) is 89.9 Å². The van der Waals surface area contributed by atoms with Gasteiger partial charge in [0, 0.05) is 48.3 Å². The lowest BCUT2D eigenvalue weighted by atomic mass is 9.94. The second kappa shape index (κ2) is 32.5. The number of nitrogens with zero attached hydrogens (tertiary/aromatic N) is 5. The molecule has 6 N–H and O–H groups in total. The lowest BCUT2D eigenvalue weighted by molar-refractivity contribution is -0.140. The molecule has 4 heterocycles. The Kier molecular flexibility index (Phi) is 24.2. The Morgan fingerprint density at radius 1 is 0.747 bits per heavy atom. The summed E-state index contributed by atoms with van der Waals surface area (Å²) in [4.78, 5) is 77.2. The molecule has 8 rings (SSSR count). The number of halogens is 1. The lowest BCUT2D eigenvalue weighted by Crippen LogP contribution is -2.54. The first kappa shape index (κ1) is 64.8. The van der Waals surface area contributed by atoms with Crippen LogP contribution in [-0.2, 0) is 57.6 Å². The van der Waals surface area contributed by atoms with E-state index < -0.39 is 60.1 Å². The van der Waals surface area contributed by atoms with Crippen LogP contribution in [-0.4, -0.2) is 173 Å². The number of piperidine rings is 1. The van der Waals surface area contributed by atoms with Gasteiger partial charge in [0.25, 0.3) is 17.7 Å². The van der Waals surface area contributed by atoms with E-state index in [0.717, 1.165) is 10.6 Å². The van der Waals surface area contributed by atoms with Crippen LogP contribution in [0.5, 0.6) is 5.75 Å². The molecule has 0 aliphatic carbocycles. The van der Waals surface area contributed by atoms with Gasteiger partial charge < -0.3 is 58.9 Å². The van der Waals surface area contributed by atoms with Crippen molar-refractivity contribution in [2.45, 2.75) is 96.1 Å². The molecule has 1 fully saturated rings. The van der Waals surface area contributed by atoms with Crippen LogP contribution >= 0.6 is 0 Å². The maximum absolute atomic E-state index is 14.7. The Morgan fingerprint density at radius 3 is 2.10 bits per heavy atom. The number of fused-ring (bicyclic) bond motifs is 1. The van der Waals surface area contributed by atoms with E-state index in [1.807, 2.05) is 67.1 Å². The number of benzene rings is 4. The summed E-state index contributed by atoms with van der Waals surface area (Å²) in [7, 11) is 0. The van der Waals surface area contributed by atoms with Crippen molar-refractivity contribution < 1.29 is 76.9 Å². The minimum atomic E-state index is -1.25. The number of imide groups is 2. The Labute approximate surface area is 503 Å². The van der Waals surface area contributed by atoms with Gasteiger partial charge in [0.1, 0.15) is 17.6 Å². The molecule has 0 spiro atoms. The summed E-state index contributed by atoms with van der Waals surface area (Å²) in [5, 5.41) is 47.5. The SMILES string of the molecule is CC(C)c1c(C(=O)Nc2ccccc2)c(-c2cccc(OCCCc3cn(CCOCCOCCOCCOCCOCCNc4cccc5c4C(=O)N(C4CCC(=O)NC4=O)C5=O)nn3)c2)c(-c2ccc(F)cc2)n1CCC(O)CC(O)CC(=O)O. The topological polar surface area (TPSA) is 293 Å². The van der Waals surface area contributed by atoms with E-state index in [1.165, 1.54) is 12.1 Å². The van der Waals surface area contributed by atoms with Crippen molar-refractivity contribution in [3.05, 3.63) is 137 Å². The number of hydrogen-bond acceptors (Lipinski definition) is 17. The number of anilines is 2. The number of aromatic nitrogens is 4. The number of aliphatic hydroxyl groups is 2. The molecule has 5 amide bonds. The average molecular weight is 1200 g/mol. The maximum Gasteiger partial charge on any atom is 0.305 e. The molecule has 1 saturated heterocycles. The third kappa shape index (κ3) is 18.2. The van der Waals surface area contributed by atoms with Gasteiger partial charge >= 0.3 is 5.97 Å². The summed E-state index contributed by atoms with van der Waals surface area (Å²) < 4.78 is 52.7. The Hall–Kier alpha value is -8.23. The number of para-hydroxylation sites is 1. The first-order valence-electron chi connectivity index (χ1n) is 29.2. The Balaban J connectivity index is 0.718. The summed E-state index contributed by atoms with van der Waals surface area (Å²) in [6, 6.07) is 26.3. The van der Waals surface area contributed by atoms with Crippen LogP contribution < -0.4 is 20.7 Å². The van der Waals surface area contributed by atoms with Crippen LogP contribution in [0, 0.1) is 5.82 Å². The molecule has 3 atom stereocenters. The number of hydrogen-bond donors (Lipinski definition) is 6. The van der Waals surface area contributed by atoms with Crippen LogP contribution in [0.1, 0.15) is 101 Å². The molecule has 3 unspecified atom stereocenters. The van der Waals surface area contributed by atoms with Crippen LogP contribution in [0.3, 0.4) is 0 Å². The summed E-state index contributed by atoms with van der Waals surface area (Å²) in [5.41, 5.74) is 5.76. The number of rotatable bonds is 37. The smallest absolute Gasteiger partial charge is 0.305 e. The summed E-state index contributed by atoms with van der Waals surface area (Å²) in [6.45, 7) is 9.04. The average Bonchev–Trinajstić information content (AvgIpc) is 1.66. The van der Waals surface area contributed by atoms with Crippen LogP contribution in [0.25, 0.3) is 22.4 Å². The minimum absolute atomic E-state index is 0.0461. The van der Waals surface area contributed by atoms with E-state index in [4.69, 9.17) is 28.4 Å². The van der Waals surface area contributed by atoms with Crippen molar-refractivity contribution in [3.8, 4) is 28.1 Å². The molecule has 24 heteroatoms. The van der Waals surface area contributed by atoms with E-state index in [9.17, 15) is 48.5 Å². The highest BCUT2D eigenvalue weighted by atomic mass is 19.1. The first-order valence-corrected chi connectivity index (χ1v) is 29.2. The second-order valence-corrected chi connectivity index (χ2v) is 21.2. The summed E-state index contributed by atoms with van der Waals surface area (Å²) in [6.07, 6.45) is 0.375. The molecule has 464 valence electrons. The third-order valence-corrected chi connectivity index (χ3v) is 14.4. The van der Waals surface area contributed by atoms with Gasteiger partial charge in [0.2, 0.25) is 11.8 Å². The fourth-order valence-electron chi connectivity index (χ4n) is 10.4. The molecule has 0 radical (unpaired) electrons. The molecule has 2 aliphatic heterocycles. The number of amides is 5. The highest BCUT2D eigenvalue weighted by Gasteiger charge is 2.45. The maximum atomic E-state index is 14.7. The molecular weight excluding hydrogens is 1130 g/mol. The highest BCUT2D eigenvalue weighted by molar-refractivity contribution is 6.25. The van der Waals surface area contributed by atoms with Gasteiger partial charge in [-0.2, -0.15) is 0 Å². The van der Waals surface area contributed by atoms with Crippen molar-refractivity contribution in [1.82, 2.24) is 29.8 Å². The molecular formula is C63H75FN8O15. The van der Waals surface area contributed by atoms with Gasteiger partial charge in [-0.05, 0) is 110 Å². The van der Waals surface area contributed by atoms with Crippen LogP contribution in [0.2, 0.25) is 0 Å². The molecule has 0 bridgehead atoms. The van der Waals surface area contributed by atoms with E-state index in [2.05, 4.69) is 26.3 Å². The quantitative estimate of drug-likeness (QED) is 0.0179. The number of carbonyl (C=O) groups excluding carboxylic acids is 5. The lowest BCUT2D eigenvalue weighted by Gasteiger charge is -2.27. The number of carbonyl (C=O) groups is 6. The zero-order valence-corrected chi connectivity index (χ0v) is 48.8. The highest BCUT2D eigenvalue weighted by Crippen LogP contribution is 2.44. The van der Waals surface area contributed by atoms with Gasteiger partial charge in [-0.1, -0.05) is 55.5 Å². The zero-order chi connectivity index (χ0) is 61.7. The van der Waals surface area contributed by atoms with Gasteiger partial charge in [0.15, 0.2) is 0 Å². The largest absolute Gasteiger partial charge is 0.494 e. The summed E-state index contributed by atoms with van der Waals surface area (Å²) in [5.74, 6) is -3.89. The molecule has 2 aromatic heterocycles. The standard InChI is InChI=1S/C63H75FN8O15/c1-41(2)58-57(61(79)66-45-10-4-3-5-11-45)55(59(42-16-18-44(64)19-17-42)71(58)24-22-47(73)38-48(74)39-54(76)77)43-9-6-13-49(37-43)87-26-8-12-46-40-70(69-68-46)25-28-83-30-32-85-34-36-86-35-33-84-31-29-82-27-23-65-51-15-7-14-50-56(51)63(81)72(62(50)80)52-20-21-53(75)67-60(52)78/h3-7,9-11,13-19,37,40-41,47-48,52,65,73-74H,8,12,20-36,38-39H2,1-2H3,(H,66,79)(H,76,77)(H,67,75,78). The van der Waals surface area contributed by atoms with Crippen LogP contribution in [0.15, 0.2) is 103 Å². The summed E-state index contributed by atoms with van der Waals surface area (Å²) >= 11 is 0. The van der Waals surface area contributed by atoms with Crippen LogP contribution in [0.4, 0.5) is 15.8 Å². The van der Waals surface area contributed by atoms with Crippen molar-refractivity contribution >= 4 is 46.9 Å². The molecule has 87 heavy (non-hydrogen) atoms. The fourth-order valence-corrected chi connectivity index (χ4v) is 10.4. The monoisotopic (exact) mass is 1200 g/mol. The molecule has 0 saturated carbocycles. The normalized spacial score (nSPS) is 14.8. The fraction of sp³-hybridized carbons (Fsp3) is 0.429. The van der Waals surface area contributed by atoms with Gasteiger partial charge in [0.05, 0.1) is 126 Å². The van der Waals surface area contributed by atoms with E-state index >= 15 is 0 Å². The number of aliphatic hydroxyl groups excluding tert-OH is 2. The van der Waals surface area contributed by atoms with Crippen molar-refractivity contribution in [3.63, 3.8) is 0 Å². The van der Waals surface area contributed by atoms with E-state index in [1.54, 1.807) is 47.1 Å². The number of carboxylic acids is 1. The number of carboxylic acid groups (broad SMARTS) is 1. The number of nitrogens with one attached hydrogen (secondary N) is 3. The van der Waals surface area contributed by atoms with Gasteiger partial charge in [-0.15, -0.1) is 5.10 Å². The Bertz CT molecular complexity index is 3280. The predicted octanol–water partition coefficient (Wildman–Crippen LogP) is 6.51. The first-order chi connectivity index (χ1) is 42.2. The molecule has 2 aliphatic rings. The molecule has 4 aromatic carbocycles. The number of ether oxygens (including phenoxy) is 6. The van der Waals surface area contributed by atoms with Crippen molar-refractivity contribution in [1.29, 1.82) is 0 Å².